The Labute approximate surface area is 127 Å². The molecule has 0 fully saturated rings. The highest BCUT2D eigenvalue weighted by Gasteiger charge is 2.08. The summed E-state index contributed by atoms with van der Waals surface area (Å²) in [5.74, 6) is 0.703. The zero-order valence-corrected chi connectivity index (χ0v) is 13.0. The number of hydrogen-bond donors (Lipinski definition) is 2. The Morgan fingerprint density at radius 1 is 1.40 bits per heavy atom. The molecule has 0 bridgehead atoms. The number of carbonyl (C=O) groups is 1. The van der Waals surface area contributed by atoms with Crippen molar-refractivity contribution >= 4 is 24.0 Å². The van der Waals surface area contributed by atoms with Crippen molar-refractivity contribution in [3.05, 3.63) is 24.3 Å². The van der Waals surface area contributed by atoms with Gasteiger partial charge in [0.15, 0.2) is 0 Å². The average Bonchev–Trinajstić information content (AvgIpc) is 2.39. The maximum absolute atomic E-state index is 11.8. The first kappa shape index (κ1) is 18.7. The molecule has 1 aromatic rings. The second-order valence-corrected chi connectivity index (χ2v) is 4.76. The number of rotatable bonds is 8. The van der Waals surface area contributed by atoms with E-state index in [-0.39, 0.29) is 24.4 Å². The molecule has 1 unspecified atom stereocenters. The Hall–Kier alpha value is -1.26. The molecule has 1 aromatic carbocycles. The quantitative estimate of drug-likeness (QED) is 0.724. The van der Waals surface area contributed by atoms with Crippen LogP contribution in [0, 0.1) is 0 Å². The smallest absolute Gasteiger partial charge is 0.224 e. The first-order chi connectivity index (χ1) is 9.13. The van der Waals surface area contributed by atoms with Crippen LogP contribution in [-0.4, -0.2) is 18.6 Å². The molecule has 3 N–H and O–H groups in total. The van der Waals surface area contributed by atoms with E-state index in [0.29, 0.717) is 19.4 Å². The molecule has 0 aromatic heterocycles. The standard InChI is InChI=1S/C15H24N2O2.ClH/c1-3-4-11-19-14-8-6-5-7-13(14)17-15(18)10-9-12(2)16;/h5-8,12H,3-4,9-11,16H2,1-2H3,(H,17,18);1H. The Balaban J connectivity index is 0.00000361. The van der Waals surface area contributed by atoms with Crippen LogP contribution in [0.5, 0.6) is 5.75 Å². The lowest BCUT2D eigenvalue weighted by molar-refractivity contribution is -0.116. The van der Waals surface area contributed by atoms with Gasteiger partial charge in [-0.2, -0.15) is 0 Å². The van der Waals surface area contributed by atoms with Crippen molar-refractivity contribution in [2.45, 2.75) is 45.6 Å². The lowest BCUT2D eigenvalue weighted by Gasteiger charge is -2.12. The number of hydrogen-bond acceptors (Lipinski definition) is 3. The van der Waals surface area contributed by atoms with Crippen LogP contribution in [0.3, 0.4) is 0 Å². The van der Waals surface area contributed by atoms with Crippen LogP contribution in [0.25, 0.3) is 0 Å². The largest absolute Gasteiger partial charge is 0.491 e. The van der Waals surface area contributed by atoms with E-state index >= 15 is 0 Å². The first-order valence-corrected chi connectivity index (χ1v) is 6.90. The molecule has 0 spiro atoms. The fraction of sp³-hybridized carbons (Fsp3) is 0.533. The molecular weight excluding hydrogens is 276 g/mol. The molecule has 1 rings (SSSR count). The summed E-state index contributed by atoms with van der Waals surface area (Å²) in [6.45, 7) is 4.68. The molecule has 0 saturated heterocycles. The van der Waals surface area contributed by atoms with Crippen LogP contribution in [-0.2, 0) is 4.79 Å². The van der Waals surface area contributed by atoms with E-state index < -0.39 is 0 Å². The number of carbonyl (C=O) groups excluding carboxylic acids is 1. The number of para-hydroxylation sites is 2. The van der Waals surface area contributed by atoms with Gasteiger partial charge in [0.1, 0.15) is 5.75 Å². The summed E-state index contributed by atoms with van der Waals surface area (Å²) in [4.78, 5) is 11.8. The van der Waals surface area contributed by atoms with Crippen molar-refractivity contribution in [1.29, 1.82) is 0 Å². The van der Waals surface area contributed by atoms with Crippen molar-refractivity contribution in [3.63, 3.8) is 0 Å². The highest BCUT2D eigenvalue weighted by Crippen LogP contribution is 2.24. The lowest BCUT2D eigenvalue weighted by atomic mass is 10.2. The predicted molar refractivity (Wildman–Crippen MR) is 85.6 cm³/mol. The highest BCUT2D eigenvalue weighted by atomic mass is 35.5. The molecule has 0 aliphatic rings. The summed E-state index contributed by atoms with van der Waals surface area (Å²) < 4.78 is 5.66. The topological polar surface area (TPSA) is 64.3 Å². The van der Waals surface area contributed by atoms with E-state index in [4.69, 9.17) is 10.5 Å². The van der Waals surface area contributed by atoms with Crippen LogP contribution in [0.15, 0.2) is 24.3 Å². The lowest BCUT2D eigenvalue weighted by Crippen LogP contribution is -2.19. The zero-order valence-electron chi connectivity index (χ0n) is 12.2. The number of amides is 1. The minimum atomic E-state index is -0.0242. The number of anilines is 1. The van der Waals surface area contributed by atoms with E-state index in [0.717, 1.165) is 24.3 Å². The molecule has 0 saturated carbocycles. The molecule has 0 aliphatic heterocycles. The van der Waals surface area contributed by atoms with Gasteiger partial charge in [0, 0.05) is 12.5 Å². The van der Waals surface area contributed by atoms with Crippen LogP contribution in [0.1, 0.15) is 39.5 Å². The third kappa shape index (κ3) is 7.36. The number of halogens is 1. The monoisotopic (exact) mass is 300 g/mol. The Morgan fingerprint density at radius 3 is 2.75 bits per heavy atom. The van der Waals surface area contributed by atoms with E-state index in [1.165, 1.54) is 0 Å². The molecule has 20 heavy (non-hydrogen) atoms. The predicted octanol–water partition coefficient (Wildman–Crippen LogP) is 3.35. The number of nitrogens with two attached hydrogens (primary N) is 1. The number of nitrogens with one attached hydrogen (secondary N) is 1. The van der Waals surface area contributed by atoms with Crippen molar-refractivity contribution in [3.8, 4) is 5.75 Å². The fourth-order valence-corrected chi connectivity index (χ4v) is 1.59. The van der Waals surface area contributed by atoms with E-state index in [1.54, 1.807) is 0 Å². The fourth-order valence-electron chi connectivity index (χ4n) is 1.59. The molecule has 0 radical (unpaired) electrons. The van der Waals surface area contributed by atoms with Gasteiger partial charge in [-0.25, -0.2) is 0 Å². The second-order valence-electron chi connectivity index (χ2n) is 4.76. The zero-order chi connectivity index (χ0) is 14.1. The highest BCUT2D eigenvalue weighted by molar-refractivity contribution is 5.92. The SMILES string of the molecule is CCCCOc1ccccc1NC(=O)CCC(C)N.Cl. The van der Waals surface area contributed by atoms with Crippen molar-refractivity contribution in [2.75, 3.05) is 11.9 Å². The van der Waals surface area contributed by atoms with Crippen molar-refractivity contribution in [1.82, 2.24) is 0 Å². The van der Waals surface area contributed by atoms with Crippen molar-refractivity contribution < 1.29 is 9.53 Å². The number of ether oxygens (including phenoxy) is 1. The minimum absolute atomic E-state index is 0. The molecule has 4 nitrogen and oxygen atoms in total. The average molecular weight is 301 g/mol. The van der Waals surface area contributed by atoms with Gasteiger partial charge in [-0.3, -0.25) is 4.79 Å². The van der Waals surface area contributed by atoms with E-state index in [2.05, 4.69) is 12.2 Å². The van der Waals surface area contributed by atoms with Crippen molar-refractivity contribution in [2.24, 2.45) is 5.73 Å². The normalized spacial score (nSPS) is 11.3. The Kier molecular flexibility index (Phi) is 9.86. The molecule has 1 atom stereocenters. The molecule has 0 heterocycles. The molecular formula is C15H25ClN2O2. The summed E-state index contributed by atoms with van der Waals surface area (Å²) in [5.41, 5.74) is 6.37. The molecule has 5 heteroatoms. The van der Waals surface area contributed by atoms with Gasteiger partial charge in [-0.05, 0) is 31.9 Å². The second kappa shape index (κ2) is 10.5. The Bertz CT molecular complexity index is 397. The molecule has 114 valence electrons. The summed E-state index contributed by atoms with van der Waals surface area (Å²) in [5, 5.41) is 2.87. The first-order valence-electron chi connectivity index (χ1n) is 6.90. The number of benzene rings is 1. The minimum Gasteiger partial charge on any atom is -0.491 e. The van der Waals surface area contributed by atoms with Crippen LogP contribution in [0.2, 0.25) is 0 Å². The summed E-state index contributed by atoms with van der Waals surface area (Å²) in [7, 11) is 0. The van der Waals surface area contributed by atoms with Gasteiger partial charge in [-0.1, -0.05) is 25.5 Å². The Morgan fingerprint density at radius 2 is 2.10 bits per heavy atom. The van der Waals surface area contributed by atoms with Gasteiger partial charge in [0.05, 0.1) is 12.3 Å². The van der Waals surface area contributed by atoms with E-state index in [1.807, 2.05) is 31.2 Å². The van der Waals surface area contributed by atoms with Crippen LogP contribution >= 0.6 is 12.4 Å². The van der Waals surface area contributed by atoms with E-state index in [9.17, 15) is 4.79 Å². The summed E-state index contributed by atoms with van der Waals surface area (Å²) in [6.07, 6.45) is 3.21. The molecule has 1 amide bonds. The molecule has 0 aliphatic carbocycles. The third-order valence-electron chi connectivity index (χ3n) is 2.74. The van der Waals surface area contributed by atoms with Crippen LogP contribution in [0.4, 0.5) is 5.69 Å². The van der Waals surface area contributed by atoms with Gasteiger partial charge in [0.25, 0.3) is 0 Å². The van der Waals surface area contributed by atoms with Gasteiger partial charge < -0.3 is 15.8 Å². The maximum atomic E-state index is 11.8. The van der Waals surface area contributed by atoms with Gasteiger partial charge >= 0.3 is 0 Å². The summed E-state index contributed by atoms with van der Waals surface area (Å²) >= 11 is 0. The maximum Gasteiger partial charge on any atom is 0.224 e. The number of unbranched alkanes of at least 4 members (excludes halogenated alkanes) is 1. The third-order valence-corrected chi connectivity index (χ3v) is 2.74. The van der Waals surface area contributed by atoms with Gasteiger partial charge in [-0.15, -0.1) is 12.4 Å². The van der Waals surface area contributed by atoms with Crippen LogP contribution < -0.4 is 15.8 Å². The summed E-state index contributed by atoms with van der Waals surface area (Å²) in [6, 6.07) is 7.55. The van der Waals surface area contributed by atoms with Gasteiger partial charge in [0.2, 0.25) is 5.91 Å².